The Kier molecular flexibility index (Phi) is 5.75. The van der Waals surface area contributed by atoms with Gasteiger partial charge in [0.25, 0.3) is 0 Å². The summed E-state index contributed by atoms with van der Waals surface area (Å²) < 4.78 is 7.18. The lowest BCUT2D eigenvalue weighted by molar-refractivity contribution is -0.116. The van der Waals surface area contributed by atoms with Crippen LogP contribution in [0.4, 0.5) is 5.69 Å². The molecule has 2 atom stereocenters. The number of carbonyl (C=O) groups is 1. The number of hydrogen-bond donors (Lipinski definition) is 2. The minimum absolute atomic E-state index is 0.102. The Morgan fingerprint density at radius 2 is 1.82 bits per heavy atom. The van der Waals surface area contributed by atoms with E-state index >= 15 is 0 Å². The fourth-order valence-electron chi connectivity index (χ4n) is 3.83. The molecule has 0 saturated carbocycles. The minimum atomic E-state index is -0.459. The Balaban J connectivity index is 1.51. The number of nitrogens with one attached hydrogen (secondary N) is 2. The minimum Gasteiger partial charge on any atom is -0.497 e. The molecule has 0 bridgehead atoms. The Morgan fingerprint density at radius 1 is 1.03 bits per heavy atom. The van der Waals surface area contributed by atoms with E-state index in [4.69, 9.17) is 4.74 Å². The zero-order chi connectivity index (χ0) is 22.8. The quantitative estimate of drug-likeness (QED) is 0.454. The maximum atomic E-state index is 13.4. The smallest absolute Gasteiger partial charge is 0.240 e. The fourth-order valence-corrected chi connectivity index (χ4v) is 4.91. The van der Waals surface area contributed by atoms with Crippen molar-refractivity contribution >= 4 is 23.4 Å². The molecule has 0 spiro atoms. The SMILES string of the molecule is COc1ccc(C2Nn3c(nnc3-c3ccccc3)SC2C(=O)Nc2cccc(C)c2)cc1. The second-order valence-electron chi connectivity index (χ2n) is 7.78. The molecule has 7 nitrogen and oxygen atoms in total. The molecule has 1 aromatic heterocycles. The van der Waals surface area contributed by atoms with Gasteiger partial charge in [0.15, 0.2) is 5.82 Å². The summed E-state index contributed by atoms with van der Waals surface area (Å²) >= 11 is 1.40. The molecule has 2 heterocycles. The van der Waals surface area contributed by atoms with Crippen LogP contribution in [-0.2, 0) is 4.79 Å². The van der Waals surface area contributed by atoms with Gasteiger partial charge in [0.2, 0.25) is 11.1 Å². The standard InChI is InChI=1S/C25H23N5O2S/c1-16-7-6-10-19(15-16)26-24(31)22-21(17-11-13-20(32-2)14-12-17)29-30-23(27-28-25(30)33-22)18-8-4-3-5-9-18/h3-15,21-22,29H,1-2H3,(H,26,31). The van der Waals surface area contributed by atoms with Gasteiger partial charge in [0.05, 0.1) is 13.2 Å². The van der Waals surface area contributed by atoms with Gasteiger partial charge in [-0.3, -0.25) is 4.79 Å². The number of fused-ring (bicyclic) bond motifs is 1. The van der Waals surface area contributed by atoms with E-state index in [9.17, 15) is 4.79 Å². The van der Waals surface area contributed by atoms with Crippen LogP contribution < -0.4 is 15.5 Å². The van der Waals surface area contributed by atoms with E-state index < -0.39 is 5.25 Å². The number of methoxy groups -OCH3 is 1. The van der Waals surface area contributed by atoms with E-state index in [2.05, 4.69) is 20.9 Å². The summed E-state index contributed by atoms with van der Waals surface area (Å²) in [6, 6.07) is 25.1. The number of carbonyl (C=O) groups excluding carboxylic acids is 1. The number of rotatable bonds is 5. The van der Waals surface area contributed by atoms with Crippen LogP contribution in [0.3, 0.4) is 0 Å². The first-order valence-electron chi connectivity index (χ1n) is 10.6. The molecule has 0 saturated heterocycles. The summed E-state index contributed by atoms with van der Waals surface area (Å²) in [5.74, 6) is 1.36. The first-order chi connectivity index (χ1) is 16.1. The van der Waals surface area contributed by atoms with Crippen LogP contribution in [0.15, 0.2) is 84.0 Å². The van der Waals surface area contributed by atoms with Gasteiger partial charge in [0.1, 0.15) is 11.0 Å². The van der Waals surface area contributed by atoms with Gasteiger partial charge in [-0.1, -0.05) is 66.4 Å². The third kappa shape index (κ3) is 4.29. The van der Waals surface area contributed by atoms with Crippen molar-refractivity contribution in [3.05, 3.63) is 90.0 Å². The number of anilines is 1. The van der Waals surface area contributed by atoms with Gasteiger partial charge < -0.3 is 15.5 Å². The number of hydrogen-bond acceptors (Lipinski definition) is 6. The van der Waals surface area contributed by atoms with E-state index in [1.807, 2.05) is 90.5 Å². The van der Waals surface area contributed by atoms with Crippen LogP contribution in [0, 0.1) is 6.92 Å². The lowest BCUT2D eigenvalue weighted by Gasteiger charge is -2.33. The van der Waals surface area contributed by atoms with E-state index in [0.29, 0.717) is 11.0 Å². The van der Waals surface area contributed by atoms with Gasteiger partial charge in [-0.05, 0) is 42.3 Å². The molecular weight excluding hydrogens is 434 g/mol. The Bertz CT molecular complexity index is 1270. The second kappa shape index (κ2) is 8.99. The van der Waals surface area contributed by atoms with Gasteiger partial charge in [-0.2, -0.15) is 0 Å². The monoisotopic (exact) mass is 457 g/mol. The van der Waals surface area contributed by atoms with E-state index in [-0.39, 0.29) is 11.9 Å². The molecule has 1 aliphatic rings. The van der Waals surface area contributed by atoms with Crippen molar-refractivity contribution in [3.8, 4) is 17.1 Å². The number of thioether (sulfide) groups is 1. The lowest BCUT2D eigenvalue weighted by Crippen LogP contribution is -2.41. The second-order valence-corrected chi connectivity index (χ2v) is 8.89. The number of aromatic nitrogens is 3. The van der Waals surface area contributed by atoms with Crippen LogP contribution >= 0.6 is 11.8 Å². The third-order valence-corrected chi connectivity index (χ3v) is 6.70. The van der Waals surface area contributed by atoms with Crippen molar-refractivity contribution < 1.29 is 9.53 Å². The first kappa shape index (κ1) is 21.1. The molecule has 0 fully saturated rings. The number of aryl methyl sites for hydroxylation is 1. The molecule has 5 rings (SSSR count). The number of ether oxygens (including phenoxy) is 1. The van der Waals surface area contributed by atoms with Gasteiger partial charge in [-0.15, -0.1) is 10.2 Å². The van der Waals surface area contributed by atoms with Crippen molar-refractivity contribution in [1.29, 1.82) is 0 Å². The fraction of sp³-hybridized carbons (Fsp3) is 0.160. The summed E-state index contributed by atoms with van der Waals surface area (Å²) in [6.07, 6.45) is 0. The van der Waals surface area contributed by atoms with Crippen LogP contribution in [0.25, 0.3) is 11.4 Å². The average Bonchev–Trinajstić information content (AvgIpc) is 3.27. The van der Waals surface area contributed by atoms with Crippen molar-refractivity contribution in [2.45, 2.75) is 23.4 Å². The predicted octanol–water partition coefficient (Wildman–Crippen LogP) is 4.66. The molecule has 33 heavy (non-hydrogen) atoms. The van der Waals surface area contributed by atoms with E-state index in [1.54, 1.807) is 7.11 Å². The molecule has 0 aliphatic carbocycles. The summed E-state index contributed by atoms with van der Waals surface area (Å²) in [5, 5.41) is 12.0. The lowest BCUT2D eigenvalue weighted by atomic mass is 10.0. The molecule has 1 amide bonds. The molecule has 1 aliphatic heterocycles. The summed E-state index contributed by atoms with van der Waals surface area (Å²) in [4.78, 5) is 13.4. The van der Waals surface area contributed by atoms with E-state index in [1.165, 1.54) is 11.8 Å². The largest absolute Gasteiger partial charge is 0.497 e. The molecular formula is C25H23N5O2S. The van der Waals surface area contributed by atoms with Gasteiger partial charge in [0, 0.05) is 11.3 Å². The normalized spacial score (nSPS) is 17.0. The highest BCUT2D eigenvalue weighted by Gasteiger charge is 2.38. The Labute approximate surface area is 196 Å². The topological polar surface area (TPSA) is 81.1 Å². The Hall–Kier alpha value is -3.78. The zero-order valence-electron chi connectivity index (χ0n) is 18.2. The summed E-state index contributed by atoms with van der Waals surface area (Å²) in [6.45, 7) is 2.00. The maximum absolute atomic E-state index is 13.4. The van der Waals surface area contributed by atoms with Crippen LogP contribution in [-0.4, -0.2) is 33.1 Å². The molecule has 0 radical (unpaired) electrons. The summed E-state index contributed by atoms with van der Waals surface area (Å²) in [7, 11) is 1.64. The highest BCUT2D eigenvalue weighted by molar-refractivity contribution is 8.00. The molecule has 166 valence electrons. The van der Waals surface area contributed by atoms with Crippen LogP contribution in [0.5, 0.6) is 5.75 Å². The van der Waals surface area contributed by atoms with Gasteiger partial charge >= 0.3 is 0 Å². The highest BCUT2D eigenvalue weighted by Crippen LogP contribution is 2.39. The number of benzene rings is 3. The van der Waals surface area contributed by atoms with Crippen molar-refractivity contribution in [2.24, 2.45) is 0 Å². The number of nitrogens with zero attached hydrogens (tertiary/aromatic N) is 3. The highest BCUT2D eigenvalue weighted by atomic mass is 32.2. The molecule has 4 aromatic rings. The third-order valence-electron chi connectivity index (χ3n) is 5.49. The molecule has 2 N–H and O–H groups in total. The molecule has 8 heteroatoms. The Morgan fingerprint density at radius 3 is 2.55 bits per heavy atom. The first-order valence-corrected chi connectivity index (χ1v) is 11.5. The van der Waals surface area contributed by atoms with Gasteiger partial charge in [-0.25, -0.2) is 4.68 Å². The molecule has 2 unspecified atom stereocenters. The van der Waals surface area contributed by atoms with Crippen LogP contribution in [0.1, 0.15) is 17.2 Å². The average molecular weight is 458 g/mol. The maximum Gasteiger partial charge on any atom is 0.240 e. The van der Waals surface area contributed by atoms with E-state index in [0.717, 1.165) is 28.1 Å². The van der Waals surface area contributed by atoms with Crippen molar-refractivity contribution in [3.63, 3.8) is 0 Å². The van der Waals surface area contributed by atoms with Crippen molar-refractivity contribution in [1.82, 2.24) is 14.9 Å². The van der Waals surface area contributed by atoms with Crippen LogP contribution in [0.2, 0.25) is 0 Å². The van der Waals surface area contributed by atoms with Crippen molar-refractivity contribution in [2.75, 3.05) is 17.9 Å². The zero-order valence-corrected chi connectivity index (χ0v) is 19.0. The summed E-state index contributed by atoms with van der Waals surface area (Å²) in [5.41, 5.74) is 7.26. The molecule has 3 aromatic carbocycles. The predicted molar refractivity (Wildman–Crippen MR) is 130 cm³/mol. The number of amides is 1.